The first kappa shape index (κ1) is 15.8. The average Bonchev–Trinajstić information content (AvgIpc) is 2.69. The number of amides is 3. The van der Waals surface area contributed by atoms with Gasteiger partial charge in [0.15, 0.2) is 0 Å². The lowest BCUT2D eigenvalue weighted by atomic mass is 9.80. The van der Waals surface area contributed by atoms with Crippen LogP contribution in [0.5, 0.6) is 0 Å². The maximum atomic E-state index is 12.5. The Balaban J connectivity index is 1.62. The molecule has 2 fully saturated rings. The summed E-state index contributed by atoms with van der Waals surface area (Å²) in [5.74, 6) is 0.598. The molecule has 2 N–H and O–H groups in total. The Hall–Kier alpha value is -2.05. The highest BCUT2D eigenvalue weighted by Gasteiger charge is 2.27. The molecule has 2 heterocycles. The molecule has 1 atom stereocenters. The number of hydrogen-bond acceptors (Lipinski definition) is 3. The third-order valence-corrected chi connectivity index (χ3v) is 4.99. The highest BCUT2D eigenvalue weighted by Crippen LogP contribution is 2.37. The van der Waals surface area contributed by atoms with Gasteiger partial charge in [-0.05, 0) is 31.2 Å². The normalized spacial score (nSPS) is 22.3. The first-order valence-electron chi connectivity index (χ1n) is 8.38. The Morgan fingerprint density at radius 1 is 1.48 bits per heavy atom. The predicted molar refractivity (Wildman–Crippen MR) is 85.8 cm³/mol. The van der Waals surface area contributed by atoms with Crippen LogP contribution in [0.15, 0.2) is 6.20 Å². The van der Waals surface area contributed by atoms with Gasteiger partial charge in [-0.15, -0.1) is 0 Å². The van der Waals surface area contributed by atoms with E-state index in [1.807, 2.05) is 24.9 Å². The molecule has 1 saturated heterocycles. The van der Waals surface area contributed by atoms with Crippen molar-refractivity contribution in [2.45, 2.75) is 51.1 Å². The van der Waals surface area contributed by atoms with Crippen LogP contribution in [0.4, 0.5) is 4.79 Å². The molecule has 1 aliphatic carbocycles. The number of rotatable bonds is 3. The molecule has 7 nitrogen and oxygen atoms in total. The van der Waals surface area contributed by atoms with Crippen molar-refractivity contribution < 1.29 is 9.59 Å². The van der Waals surface area contributed by atoms with Crippen molar-refractivity contribution in [3.63, 3.8) is 0 Å². The second-order valence-electron chi connectivity index (χ2n) is 6.55. The van der Waals surface area contributed by atoms with E-state index in [-0.39, 0.29) is 18.0 Å². The van der Waals surface area contributed by atoms with Crippen molar-refractivity contribution in [1.29, 1.82) is 0 Å². The summed E-state index contributed by atoms with van der Waals surface area (Å²) in [6.45, 7) is 3.44. The summed E-state index contributed by atoms with van der Waals surface area (Å²) in [5, 5.41) is 10.1. The van der Waals surface area contributed by atoms with Crippen LogP contribution >= 0.6 is 0 Å². The Morgan fingerprint density at radius 3 is 2.96 bits per heavy atom. The van der Waals surface area contributed by atoms with E-state index in [0.717, 1.165) is 5.69 Å². The largest absolute Gasteiger partial charge is 0.354 e. The molecule has 0 spiro atoms. The molecule has 23 heavy (non-hydrogen) atoms. The van der Waals surface area contributed by atoms with Gasteiger partial charge in [-0.1, -0.05) is 6.42 Å². The minimum Gasteiger partial charge on any atom is -0.354 e. The van der Waals surface area contributed by atoms with E-state index in [0.29, 0.717) is 32.0 Å². The molecule has 3 amide bonds. The van der Waals surface area contributed by atoms with Crippen molar-refractivity contribution >= 4 is 11.9 Å². The first-order valence-corrected chi connectivity index (χ1v) is 8.38. The standard InChI is InChI=1S/C16H25N5O2/c1-11-8-15(22)17-6-7-21(11)16(23)18-10-14-13(9-19-20(14)2)12-4-3-5-12/h9,11-12H,3-8,10H2,1-2H3,(H,17,22)(H,18,23). The lowest BCUT2D eigenvalue weighted by Crippen LogP contribution is -2.45. The fourth-order valence-electron chi connectivity index (χ4n) is 3.31. The van der Waals surface area contributed by atoms with Gasteiger partial charge in [0.05, 0.1) is 18.4 Å². The van der Waals surface area contributed by atoms with Gasteiger partial charge in [-0.2, -0.15) is 5.10 Å². The van der Waals surface area contributed by atoms with Crippen LogP contribution in [0.3, 0.4) is 0 Å². The van der Waals surface area contributed by atoms with Crippen molar-refractivity contribution in [1.82, 2.24) is 25.3 Å². The maximum absolute atomic E-state index is 12.5. The van der Waals surface area contributed by atoms with Crippen molar-refractivity contribution in [2.24, 2.45) is 7.05 Å². The number of nitrogens with zero attached hydrogens (tertiary/aromatic N) is 3. The molecular weight excluding hydrogens is 294 g/mol. The van der Waals surface area contributed by atoms with E-state index in [9.17, 15) is 9.59 Å². The molecule has 0 radical (unpaired) electrons. The molecule has 2 aliphatic rings. The fraction of sp³-hybridized carbons (Fsp3) is 0.688. The zero-order valence-electron chi connectivity index (χ0n) is 13.8. The average molecular weight is 319 g/mol. The molecule has 1 unspecified atom stereocenters. The molecule has 1 aromatic heterocycles. The Bertz CT molecular complexity index is 593. The molecule has 1 aliphatic heterocycles. The van der Waals surface area contributed by atoms with Crippen molar-refractivity contribution in [3.05, 3.63) is 17.5 Å². The molecule has 1 saturated carbocycles. The predicted octanol–water partition coefficient (Wildman–Crippen LogP) is 1.11. The van der Waals surface area contributed by atoms with Gasteiger partial charge in [0.2, 0.25) is 5.91 Å². The van der Waals surface area contributed by atoms with Crippen molar-refractivity contribution in [2.75, 3.05) is 13.1 Å². The van der Waals surface area contributed by atoms with Crippen LogP contribution in [0, 0.1) is 0 Å². The molecule has 0 bridgehead atoms. The van der Waals surface area contributed by atoms with E-state index in [1.165, 1.54) is 24.8 Å². The van der Waals surface area contributed by atoms with Crippen LogP contribution in [0.1, 0.15) is 49.8 Å². The number of aromatic nitrogens is 2. The molecule has 3 rings (SSSR count). The SMILES string of the molecule is CC1CC(=O)NCCN1C(=O)NCc1c(C2CCC2)cnn1C. The topological polar surface area (TPSA) is 79.3 Å². The summed E-state index contributed by atoms with van der Waals surface area (Å²) in [5.41, 5.74) is 2.35. The number of carbonyl (C=O) groups excluding carboxylic acids is 2. The van der Waals surface area contributed by atoms with E-state index in [2.05, 4.69) is 15.7 Å². The van der Waals surface area contributed by atoms with Crippen molar-refractivity contribution in [3.8, 4) is 0 Å². The van der Waals surface area contributed by atoms with Gasteiger partial charge in [-0.3, -0.25) is 9.48 Å². The highest BCUT2D eigenvalue weighted by molar-refractivity contribution is 5.80. The molecular formula is C16H25N5O2. The zero-order chi connectivity index (χ0) is 16.4. The number of carbonyl (C=O) groups is 2. The minimum absolute atomic E-state index is 0.00621. The summed E-state index contributed by atoms with van der Waals surface area (Å²) < 4.78 is 1.85. The number of aryl methyl sites for hydroxylation is 1. The summed E-state index contributed by atoms with van der Waals surface area (Å²) in [6, 6.07) is -0.204. The molecule has 126 valence electrons. The lowest BCUT2D eigenvalue weighted by molar-refractivity contribution is -0.121. The number of nitrogens with one attached hydrogen (secondary N) is 2. The third kappa shape index (κ3) is 3.33. The van der Waals surface area contributed by atoms with Gasteiger partial charge in [0.25, 0.3) is 0 Å². The first-order chi connectivity index (χ1) is 11.1. The second kappa shape index (κ2) is 6.60. The van der Waals surface area contributed by atoms with Crippen LogP contribution in [0.2, 0.25) is 0 Å². The quantitative estimate of drug-likeness (QED) is 0.876. The molecule has 7 heteroatoms. The van der Waals surface area contributed by atoms with Crippen LogP contribution in [0.25, 0.3) is 0 Å². The van der Waals surface area contributed by atoms with Crippen LogP contribution < -0.4 is 10.6 Å². The Kier molecular flexibility index (Phi) is 4.54. The Morgan fingerprint density at radius 2 is 2.26 bits per heavy atom. The smallest absolute Gasteiger partial charge is 0.318 e. The highest BCUT2D eigenvalue weighted by atomic mass is 16.2. The van der Waals surface area contributed by atoms with E-state index in [4.69, 9.17) is 0 Å². The summed E-state index contributed by atoms with van der Waals surface area (Å²) in [4.78, 5) is 25.7. The minimum atomic E-state index is -0.116. The van der Waals surface area contributed by atoms with E-state index < -0.39 is 0 Å². The second-order valence-corrected chi connectivity index (χ2v) is 6.55. The van der Waals surface area contributed by atoms with E-state index in [1.54, 1.807) is 4.90 Å². The Labute approximate surface area is 136 Å². The van der Waals surface area contributed by atoms with Gasteiger partial charge < -0.3 is 15.5 Å². The number of urea groups is 1. The summed E-state index contributed by atoms with van der Waals surface area (Å²) >= 11 is 0. The maximum Gasteiger partial charge on any atom is 0.318 e. The zero-order valence-corrected chi connectivity index (χ0v) is 13.8. The molecule has 1 aromatic rings. The lowest BCUT2D eigenvalue weighted by Gasteiger charge is -2.28. The van der Waals surface area contributed by atoms with Gasteiger partial charge in [0, 0.05) is 32.6 Å². The summed E-state index contributed by atoms with van der Waals surface area (Å²) in [7, 11) is 1.92. The summed E-state index contributed by atoms with van der Waals surface area (Å²) in [6.07, 6.45) is 5.99. The van der Waals surface area contributed by atoms with Crippen LogP contribution in [-0.2, 0) is 18.4 Å². The van der Waals surface area contributed by atoms with Gasteiger partial charge in [0.1, 0.15) is 0 Å². The van der Waals surface area contributed by atoms with Gasteiger partial charge >= 0.3 is 6.03 Å². The number of hydrogen-bond donors (Lipinski definition) is 2. The van der Waals surface area contributed by atoms with Crippen LogP contribution in [-0.4, -0.2) is 45.8 Å². The van der Waals surface area contributed by atoms with Gasteiger partial charge in [-0.25, -0.2) is 4.79 Å². The fourth-order valence-corrected chi connectivity index (χ4v) is 3.31. The monoisotopic (exact) mass is 319 g/mol. The van der Waals surface area contributed by atoms with E-state index >= 15 is 0 Å². The molecule has 0 aromatic carbocycles. The third-order valence-electron chi connectivity index (χ3n) is 4.99.